The molecule has 7 nitrogen and oxygen atoms in total. The van der Waals surface area contributed by atoms with Crippen LogP contribution >= 0.6 is 0 Å². The Bertz CT molecular complexity index is 828. The molecule has 1 heterocycles. The average molecular weight is 384 g/mol. The van der Waals surface area contributed by atoms with E-state index in [0.29, 0.717) is 17.0 Å². The second-order valence-corrected chi connectivity index (χ2v) is 6.67. The van der Waals surface area contributed by atoms with Crippen molar-refractivity contribution in [2.45, 2.75) is 45.6 Å². The summed E-state index contributed by atoms with van der Waals surface area (Å²) in [5, 5.41) is 9.76. The number of carbonyl (C=O) groups is 1. The number of hydrogen-bond acceptors (Lipinski definition) is 7. The third-order valence-electron chi connectivity index (χ3n) is 4.22. The van der Waals surface area contributed by atoms with Gasteiger partial charge < -0.3 is 14.4 Å². The Morgan fingerprint density at radius 1 is 1.18 bits per heavy atom. The van der Waals surface area contributed by atoms with Crippen LogP contribution in [0.3, 0.4) is 0 Å². The highest BCUT2D eigenvalue weighted by Crippen LogP contribution is 2.28. The smallest absolute Gasteiger partial charge is 0.330 e. The van der Waals surface area contributed by atoms with Gasteiger partial charge in [-0.05, 0) is 31.9 Å². The highest BCUT2D eigenvalue weighted by Gasteiger charge is 2.30. The van der Waals surface area contributed by atoms with Crippen LogP contribution in [0.1, 0.15) is 45.2 Å². The topological polar surface area (TPSA) is 88.3 Å². The van der Waals surface area contributed by atoms with Gasteiger partial charge in [-0.3, -0.25) is 4.79 Å². The fraction of sp³-hybridized carbons (Fsp3) is 0.524. The molecule has 2 aromatic rings. The summed E-state index contributed by atoms with van der Waals surface area (Å²) in [5.74, 6) is -1.21. The molecule has 1 aromatic carbocycles. The predicted octanol–water partition coefficient (Wildman–Crippen LogP) is 3.44. The molecule has 0 saturated heterocycles. The molecule has 0 aliphatic rings. The summed E-state index contributed by atoms with van der Waals surface area (Å²) in [7, 11) is 1.53. The Balaban J connectivity index is 2.53. The zero-order chi connectivity index (χ0) is 20.5. The van der Waals surface area contributed by atoms with Crippen LogP contribution in [0.2, 0.25) is 0 Å². The monoisotopic (exact) mass is 384 g/mol. The number of methoxy groups -OCH3 is 1. The largest absolute Gasteiger partial charge is 0.459 e. The third-order valence-corrected chi connectivity index (χ3v) is 4.22. The van der Waals surface area contributed by atoms with Crippen molar-refractivity contribution >= 4 is 22.8 Å². The first-order valence-electron chi connectivity index (χ1n) is 9.66. The van der Waals surface area contributed by atoms with Crippen molar-refractivity contribution in [2.24, 2.45) is 0 Å². The fourth-order valence-corrected chi connectivity index (χ4v) is 3.05. The molecule has 0 amide bonds. The Morgan fingerprint density at radius 2 is 1.79 bits per heavy atom. The lowest BCUT2D eigenvalue weighted by Crippen LogP contribution is -2.30. The van der Waals surface area contributed by atoms with Crippen molar-refractivity contribution in [2.75, 3.05) is 31.7 Å². The van der Waals surface area contributed by atoms with Crippen LogP contribution in [0.25, 0.3) is 11.0 Å². The van der Waals surface area contributed by atoms with E-state index >= 15 is 0 Å². The van der Waals surface area contributed by atoms with Crippen molar-refractivity contribution in [3.8, 4) is 6.07 Å². The van der Waals surface area contributed by atoms with E-state index in [1.54, 1.807) is 6.92 Å². The molecule has 0 fully saturated rings. The molecular weight excluding hydrogens is 356 g/mol. The van der Waals surface area contributed by atoms with Crippen molar-refractivity contribution in [3.63, 3.8) is 0 Å². The first-order chi connectivity index (χ1) is 13.5. The second kappa shape index (κ2) is 10.6. The number of carbonyl (C=O) groups excluding carboxylic acids is 1. The van der Waals surface area contributed by atoms with Crippen LogP contribution in [0.4, 0.5) is 5.82 Å². The molecule has 0 saturated carbocycles. The maximum absolute atomic E-state index is 12.7. The maximum atomic E-state index is 12.7. The van der Waals surface area contributed by atoms with E-state index in [0.717, 1.165) is 31.4 Å². The minimum absolute atomic E-state index is 0.262. The molecule has 0 unspecified atom stereocenters. The quantitative estimate of drug-likeness (QED) is 0.580. The van der Waals surface area contributed by atoms with Gasteiger partial charge in [0.25, 0.3) is 0 Å². The molecule has 2 rings (SSSR count). The molecule has 0 N–H and O–H groups in total. The van der Waals surface area contributed by atoms with Gasteiger partial charge >= 0.3 is 5.97 Å². The van der Waals surface area contributed by atoms with Crippen molar-refractivity contribution in [1.82, 2.24) is 9.97 Å². The van der Waals surface area contributed by atoms with E-state index in [4.69, 9.17) is 14.5 Å². The summed E-state index contributed by atoms with van der Waals surface area (Å²) in [4.78, 5) is 24.2. The number of rotatable bonds is 10. The maximum Gasteiger partial charge on any atom is 0.330 e. The lowest BCUT2D eigenvalue weighted by atomic mass is 10.1. The highest BCUT2D eigenvalue weighted by molar-refractivity contribution is 5.85. The summed E-state index contributed by atoms with van der Waals surface area (Å²) in [5.41, 5.74) is 1.72. The zero-order valence-corrected chi connectivity index (χ0v) is 17.0. The number of fused-ring (bicyclic) bond motifs is 1. The Kier molecular flexibility index (Phi) is 8.15. The van der Waals surface area contributed by atoms with E-state index in [-0.39, 0.29) is 6.61 Å². The van der Waals surface area contributed by atoms with Gasteiger partial charge in [-0.2, -0.15) is 5.26 Å². The van der Waals surface area contributed by atoms with Gasteiger partial charge in [0.05, 0.1) is 23.7 Å². The second-order valence-electron chi connectivity index (χ2n) is 6.67. The molecule has 0 spiro atoms. The molecule has 1 aromatic heterocycles. The summed E-state index contributed by atoms with van der Waals surface area (Å²) >= 11 is 0. The van der Waals surface area contributed by atoms with Crippen LogP contribution in [0, 0.1) is 11.3 Å². The van der Waals surface area contributed by atoms with E-state index in [1.807, 2.05) is 24.3 Å². The number of benzene rings is 1. The number of aromatic nitrogens is 2. The molecule has 0 aliphatic heterocycles. The average Bonchev–Trinajstić information content (AvgIpc) is 2.68. The highest BCUT2D eigenvalue weighted by atomic mass is 16.6. The molecule has 7 heteroatoms. The number of nitriles is 1. The van der Waals surface area contributed by atoms with Gasteiger partial charge in [-0.25, -0.2) is 9.97 Å². The minimum atomic E-state index is -1.15. The van der Waals surface area contributed by atoms with Crippen LogP contribution in [-0.4, -0.2) is 48.8 Å². The Labute approximate surface area is 166 Å². The van der Waals surface area contributed by atoms with Gasteiger partial charge in [0, 0.05) is 20.2 Å². The number of esters is 1. The van der Waals surface area contributed by atoms with Crippen LogP contribution in [0.5, 0.6) is 0 Å². The third kappa shape index (κ3) is 5.17. The van der Waals surface area contributed by atoms with Gasteiger partial charge in [0.2, 0.25) is 0 Å². The van der Waals surface area contributed by atoms with Crippen molar-refractivity contribution in [1.29, 1.82) is 5.26 Å². The summed E-state index contributed by atoms with van der Waals surface area (Å²) in [6, 6.07) is 9.53. The van der Waals surface area contributed by atoms with Crippen LogP contribution in [0.15, 0.2) is 24.3 Å². The van der Waals surface area contributed by atoms with Crippen LogP contribution in [-0.2, 0) is 14.3 Å². The lowest BCUT2D eigenvalue weighted by molar-refractivity contribution is -0.150. The van der Waals surface area contributed by atoms with Crippen molar-refractivity contribution < 1.29 is 14.3 Å². The van der Waals surface area contributed by atoms with Crippen molar-refractivity contribution in [3.05, 3.63) is 30.0 Å². The number of nitrogens with zero attached hydrogens (tertiary/aromatic N) is 4. The zero-order valence-electron chi connectivity index (χ0n) is 17.0. The number of hydrogen-bond donors (Lipinski definition) is 0. The number of ether oxygens (including phenoxy) is 2. The molecule has 0 aliphatic carbocycles. The van der Waals surface area contributed by atoms with Crippen LogP contribution < -0.4 is 4.90 Å². The number of para-hydroxylation sites is 2. The summed E-state index contributed by atoms with van der Waals surface area (Å²) in [6.45, 7) is 7.68. The predicted molar refractivity (Wildman–Crippen MR) is 108 cm³/mol. The summed E-state index contributed by atoms with van der Waals surface area (Å²) < 4.78 is 10.4. The first kappa shape index (κ1) is 21.6. The molecule has 0 bridgehead atoms. The van der Waals surface area contributed by atoms with E-state index < -0.39 is 18.0 Å². The lowest BCUT2D eigenvalue weighted by Gasteiger charge is -2.26. The summed E-state index contributed by atoms with van der Waals surface area (Å²) in [6.07, 6.45) is 1.38. The van der Waals surface area contributed by atoms with E-state index in [1.165, 1.54) is 7.11 Å². The Morgan fingerprint density at radius 3 is 2.32 bits per heavy atom. The minimum Gasteiger partial charge on any atom is -0.459 e. The SMILES string of the molecule is CCCN(CCC)c1nc2ccccc2nc1[C@@H](C#N)C(=O)O[C@@H](C)COC. The number of anilines is 1. The molecule has 150 valence electrons. The Hall–Kier alpha value is -2.72. The molecule has 2 atom stereocenters. The van der Waals surface area contributed by atoms with E-state index in [2.05, 4.69) is 29.8 Å². The standard InChI is InChI=1S/C21H28N4O3/c1-5-11-25(12-6-2)20-19(23-17-9-7-8-10-18(17)24-20)16(13-22)21(26)28-15(3)14-27-4/h7-10,15-16H,5-6,11-12,14H2,1-4H3/t15-,16+/m0/s1. The van der Waals surface area contributed by atoms with Gasteiger partial charge in [-0.15, -0.1) is 0 Å². The fourth-order valence-electron chi connectivity index (χ4n) is 3.05. The normalized spacial score (nSPS) is 13.0. The molecule has 0 radical (unpaired) electrons. The van der Waals surface area contributed by atoms with E-state index in [9.17, 15) is 10.1 Å². The van der Waals surface area contributed by atoms with Gasteiger partial charge in [0.1, 0.15) is 11.8 Å². The van der Waals surface area contributed by atoms with Gasteiger partial charge in [0.15, 0.2) is 11.7 Å². The van der Waals surface area contributed by atoms with Gasteiger partial charge in [-0.1, -0.05) is 26.0 Å². The first-order valence-corrected chi connectivity index (χ1v) is 9.66. The molecule has 28 heavy (non-hydrogen) atoms. The molecular formula is C21H28N4O3.